The molecule has 1 aromatic carbocycles. The number of hydrogen-bond acceptors (Lipinski definition) is 2. The SMILES string of the molecule is Cl.NCCCCNC(=O)C1(Cc2cccc(Cl)c2)CCCC1. The third-order valence-electron chi connectivity index (χ3n) is 4.39. The molecule has 1 aliphatic rings. The smallest absolute Gasteiger partial charge is 0.226 e. The van der Waals surface area contributed by atoms with Crippen LogP contribution in [0.4, 0.5) is 0 Å². The van der Waals surface area contributed by atoms with E-state index in [2.05, 4.69) is 11.4 Å². The topological polar surface area (TPSA) is 55.1 Å². The van der Waals surface area contributed by atoms with Crippen LogP contribution in [0.15, 0.2) is 24.3 Å². The maximum Gasteiger partial charge on any atom is 0.226 e. The molecular weight excluding hydrogens is 319 g/mol. The van der Waals surface area contributed by atoms with Crippen LogP contribution in [0.5, 0.6) is 0 Å². The van der Waals surface area contributed by atoms with Crippen molar-refractivity contribution in [2.24, 2.45) is 11.1 Å². The van der Waals surface area contributed by atoms with Crippen LogP contribution in [0.2, 0.25) is 5.02 Å². The lowest BCUT2D eigenvalue weighted by molar-refractivity contribution is -0.130. The molecule has 3 N–H and O–H groups in total. The van der Waals surface area contributed by atoms with Crippen LogP contribution in [0.25, 0.3) is 0 Å². The van der Waals surface area contributed by atoms with Gasteiger partial charge in [-0.15, -0.1) is 12.4 Å². The summed E-state index contributed by atoms with van der Waals surface area (Å²) >= 11 is 6.06. The Morgan fingerprint density at radius 2 is 2.00 bits per heavy atom. The predicted octanol–water partition coefficient (Wildman–Crippen LogP) is 3.72. The molecule has 0 spiro atoms. The Balaban J connectivity index is 0.00000242. The van der Waals surface area contributed by atoms with E-state index in [1.807, 2.05) is 18.2 Å². The van der Waals surface area contributed by atoms with Crippen molar-refractivity contribution in [3.63, 3.8) is 0 Å². The average Bonchev–Trinajstić information content (AvgIpc) is 2.93. The number of carbonyl (C=O) groups excluding carboxylic acids is 1. The summed E-state index contributed by atoms with van der Waals surface area (Å²) in [6.07, 6.45) is 6.92. The van der Waals surface area contributed by atoms with Crippen LogP contribution in [0.3, 0.4) is 0 Å². The first-order valence-electron chi connectivity index (χ1n) is 7.89. The molecule has 0 heterocycles. The quantitative estimate of drug-likeness (QED) is 0.740. The van der Waals surface area contributed by atoms with E-state index in [0.29, 0.717) is 6.54 Å². The van der Waals surface area contributed by atoms with Gasteiger partial charge in [0, 0.05) is 11.6 Å². The van der Waals surface area contributed by atoms with Gasteiger partial charge in [0.1, 0.15) is 0 Å². The van der Waals surface area contributed by atoms with Gasteiger partial charge in [-0.1, -0.05) is 36.6 Å². The van der Waals surface area contributed by atoms with Gasteiger partial charge < -0.3 is 11.1 Å². The largest absolute Gasteiger partial charge is 0.356 e. The van der Waals surface area contributed by atoms with Crippen LogP contribution >= 0.6 is 24.0 Å². The fraction of sp³-hybridized carbons (Fsp3) is 0.588. The lowest BCUT2D eigenvalue weighted by Gasteiger charge is -2.28. The van der Waals surface area contributed by atoms with Crippen LogP contribution in [-0.2, 0) is 11.2 Å². The first-order chi connectivity index (χ1) is 10.2. The summed E-state index contributed by atoms with van der Waals surface area (Å²) < 4.78 is 0. The van der Waals surface area contributed by atoms with E-state index >= 15 is 0 Å². The Kier molecular flexibility index (Phi) is 8.23. The van der Waals surface area contributed by atoms with E-state index in [-0.39, 0.29) is 23.7 Å². The normalized spacial score (nSPS) is 16.1. The molecule has 3 nitrogen and oxygen atoms in total. The number of unbranched alkanes of at least 4 members (excludes halogenated alkanes) is 1. The molecule has 22 heavy (non-hydrogen) atoms. The van der Waals surface area contributed by atoms with Crippen molar-refractivity contribution >= 4 is 29.9 Å². The molecule has 0 aromatic heterocycles. The number of benzene rings is 1. The Morgan fingerprint density at radius 3 is 2.64 bits per heavy atom. The van der Waals surface area contributed by atoms with E-state index in [9.17, 15) is 4.79 Å². The Morgan fingerprint density at radius 1 is 1.27 bits per heavy atom. The number of amides is 1. The molecule has 1 aromatic rings. The van der Waals surface area contributed by atoms with Gasteiger partial charge in [-0.25, -0.2) is 0 Å². The Hall–Kier alpha value is -0.770. The number of hydrogen-bond donors (Lipinski definition) is 2. The van der Waals surface area contributed by atoms with Crippen LogP contribution in [0, 0.1) is 5.41 Å². The number of halogens is 2. The molecule has 0 saturated heterocycles. The van der Waals surface area contributed by atoms with Crippen molar-refractivity contribution in [2.75, 3.05) is 13.1 Å². The third kappa shape index (κ3) is 5.15. The first-order valence-corrected chi connectivity index (χ1v) is 8.27. The molecule has 124 valence electrons. The number of rotatable bonds is 7. The van der Waals surface area contributed by atoms with E-state index in [0.717, 1.165) is 62.1 Å². The lowest BCUT2D eigenvalue weighted by atomic mass is 9.79. The zero-order valence-corrected chi connectivity index (χ0v) is 14.5. The lowest BCUT2D eigenvalue weighted by Crippen LogP contribution is -2.41. The van der Waals surface area contributed by atoms with Crippen molar-refractivity contribution in [3.05, 3.63) is 34.9 Å². The molecule has 0 aliphatic heterocycles. The van der Waals surface area contributed by atoms with Crippen molar-refractivity contribution in [3.8, 4) is 0 Å². The molecular formula is C17H26Cl2N2O. The fourth-order valence-electron chi connectivity index (χ4n) is 3.23. The van der Waals surface area contributed by atoms with Gasteiger partial charge >= 0.3 is 0 Å². The Labute approximate surface area is 144 Å². The van der Waals surface area contributed by atoms with Crippen molar-refractivity contribution in [1.29, 1.82) is 0 Å². The second-order valence-corrected chi connectivity index (χ2v) is 6.48. The highest BCUT2D eigenvalue weighted by atomic mass is 35.5. The van der Waals surface area contributed by atoms with Gasteiger partial charge in [0.25, 0.3) is 0 Å². The van der Waals surface area contributed by atoms with Crippen LogP contribution < -0.4 is 11.1 Å². The molecule has 1 fully saturated rings. The summed E-state index contributed by atoms with van der Waals surface area (Å²) in [7, 11) is 0. The maximum atomic E-state index is 12.6. The van der Waals surface area contributed by atoms with Gasteiger partial charge in [-0.3, -0.25) is 4.79 Å². The zero-order valence-electron chi connectivity index (χ0n) is 12.9. The summed E-state index contributed by atoms with van der Waals surface area (Å²) in [6.45, 7) is 1.41. The molecule has 0 bridgehead atoms. The summed E-state index contributed by atoms with van der Waals surface area (Å²) in [5.41, 5.74) is 6.40. The van der Waals surface area contributed by atoms with E-state index in [1.165, 1.54) is 0 Å². The van der Waals surface area contributed by atoms with E-state index in [4.69, 9.17) is 17.3 Å². The first kappa shape index (κ1) is 19.3. The minimum Gasteiger partial charge on any atom is -0.356 e. The minimum atomic E-state index is -0.243. The van der Waals surface area contributed by atoms with Crippen LogP contribution in [0.1, 0.15) is 44.1 Å². The number of nitrogens with two attached hydrogens (primary N) is 1. The molecule has 1 aliphatic carbocycles. The highest BCUT2D eigenvalue weighted by molar-refractivity contribution is 6.30. The number of carbonyl (C=O) groups is 1. The van der Waals surface area contributed by atoms with Crippen molar-refractivity contribution in [1.82, 2.24) is 5.32 Å². The summed E-state index contributed by atoms with van der Waals surface area (Å²) in [6, 6.07) is 7.87. The van der Waals surface area contributed by atoms with Gasteiger partial charge in [0.2, 0.25) is 5.91 Å². The monoisotopic (exact) mass is 344 g/mol. The standard InChI is InChI=1S/C17H25ClN2O.ClH/c18-15-7-5-6-14(12-15)13-17(8-1-2-9-17)16(21)20-11-4-3-10-19;/h5-7,12H,1-4,8-11,13,19H2,(H,20,21);1H. The third-order valence-corrected chi connectivity index (χ3v) is 4.63. The highest BCUT2D eigenvalue weighted by Gasteiger charge is 2.40. The maximum absolute atomic E-state index is 12.6. The predicted molar refractivity (Wildman–Crippen MR) is 94.6 cm³/mol. The van der Waals surface area contributed by atoms with Crippen molar-refractivity contribution in [2.45, 2.75) is 44.9 Å². The van der Waals surface area contributed by atoms with E-state index in [1.54, 1.807) is 0 Å². The van der Waals surface area contributed by atoms with Crippen LogP contribution in [-0.4, -0.2) is 19.0 Å². The molecule has 2 rings (SSSR count). The van der Waals surface area contributed by atoms with Gasteiger partial charge in [-0.05, 0) is 56.3 Å². The van der Waals surface area contributed by atoms with Gasteiger partial charge in [0.05, 0.1) is 5.41 Å². The Bertz CT molecular complexity index is 473. The fourth-order valence-corrected chi connectivity index (χ4v) is 3.45. The van der Waals surface area contributed by atoms with Gasteiger partial charge in [-0.2, -0.15) is 0 Å². The highest BCUT2D eigenvalue weighted by Crippen LogP contribution is 2.41. The summed E-state index contributed by atoms with van der Waals surface area (Å²) in [5, 5.41) is 3.85. The molecule has 0 unspecified atom stereocenters. The summed E-state index contributed by atoms with van der Waals surface area (Å²) in [4.78, 5) is 12.6. The molecule has 1 amide bonds. The van der Waals surface area contributed by atoms with Crippen molar-refractivity contribution < 1.29 is 4.79 Å². The average molecular weight is 345 g/mol. The zero-order chi connectivity index (χ0) is 15.1. The molecule has 0 radical (unpaired) electrons. The number of nitrogens with one attached hydrogen (secondary N) is 1. The molecule has 0 atom stereocenters. The molecule has 5 heteroatoms. The molecule has 1 saturated carbocycles. The second kappa shape index (κ2) is 9.39. The van der Waals surface area contributed by atoms with Gasteiger partial charge in [0.15, 0.2) is 0 Å². The minimum absolute atomic E-state index is 0. The van der Waals surface area contributed by atoms with E-state index < -0.39 is 0 Å². The summed E-state index contributed by atoms with van der Waals surface area (Å²) in [5.74, 6) is 0.206. The second-order valence-electron chi connectivity index (χ2n) is 6.05.